The lowest BCUT2D eigenvalue weighted by Crippen LogP contribution is -2.01. The van der Waals surface area contributed by atoms with Gasteiger partial charge in [0.25, 0.3) is 0 Å². The number of hydrogen-bond acceptors (Lipinski definition) is 1. The lowest BCUT2D eigenvalue weighted by atomic mass is 9.97. The van der Waals surface area contributed by atoms with Crippen molar-refractivity contribution in [2.75, 3.05) is 0 Å². The van der Waals surface area contributed by atoms with Gasteiger partial charge in [0.2, 0.25) is 0 Å². The minimum Gasteiger partial charge on any atom is -0.303 e. The second-order valence-electron chi connectivity index (χ2n) is 3.92. The van der Waals surface area contributed by atoms with E-state index < -0.39 is 0 Å². The van der Waals surface area contributed by atoms with Crippen molar-refractivity contribution < 1.29 is 4.79 Å². The van der Waals surface area contributed by atoms with E-state index in [1.165, 1.54) is 0 Å². The van der Waals surface area contributed by atoms with Gasteiger partial charge in [0, 0.05) is 5.92 Å². The van der Waals surface area contributed by atoms with Crippen LogP contribution in [0, 0.1) is 5.92 Å². The molecular formula is C13H20O. The van der Waals surface area contributed by atoms with Crippen LogP contribution in [0.5, 0.6) is 0 Å². The van der Waals surface area contributed by atoms with Gasteiger partial charge < -0.3 is 4.79 Å². The van der Waals surface area contributed by atoms with Crippen LogP contribution in [0.4, 0.5) is 0 Å². The van der Waals surface area contributed by atoms with Gasteiger partial charge in [-0.3, -0.25) is 0 Å². The highest BCUT2D eigenvalue weighted by Gasteiger charge is 2.05. The van der Waals surface area contributed by atoms with Gasteiger partial charge in [0.15, 0.2) is 0 Å². The van der Waals surface area contributed by atoms with Crippen molar-refractivity contribution in [2.45, 2.75) is 44.9 Å². The average Bonchev–Trinajstić information content (AvgIpc) is 2.19. The molecule has 1 atom stereocenters. The fourth-order valence-electron chi connectivity index (χ4n) is 1.75. The molecule has 78 valence electrons. The highest BCUT2D eigenvalue weighted by atomic mass is 16.1. The number of hydrogen-bond donors (Lipinski definition) is 0. The molecule has 1 aliphatic carbocycles. The largest absolute Gasteiger partial charge is 0.303 e. The van der Waals surface area contributed by atoms with E-state index in [2.05, 4.69) is 24.3 Å². The zero-order chi connectivity index (χ0) is 10.1. The van der Waals surface area contributed by atoms with Crippen molar-refractivity contribution in [3.8, 4) is 0 Å². The second kappa shape index (κ2) is 7.54. The van der Waals surface area contributed by atoms with Crippen LogP contribution in [0.25, 0.3) is 0 Å². The van der Waals surface area contributed by atoms with Crippen LogP contribution in [0.15, 0.2) is 24.3 Å². The highest BCUT2D eigenvalue weighted by Crippen LogP contribution is 2.14. The number of rotatable bonds is 1. The quantitative estimate of drug-likeness (QED) is 0.457. The SMILES string of the molecule is O=CC1CCC=CCCC=CCCC1. The smallest absolute Gasteiger partial charge is 0.123 e. The molecule has 0 fully saturated rings. The zero-order valence-electron chi connectivity index (χ0n) is 8.82. The van der Waals surface area contributed by atoms with Gasteiger partial charge in [0.1, 0.15) is 6.29 Å². The third-order valence-corrected chi connectivity index (χ3v) is 2.68. The molecule has 1 nitrogen and oxygen atoms in total. The standard InChI is InChI=1S/C13H20O/c14-12-13-10-8-6-4-2-1-3-5-7-9-11-13/h2,4-5,7,12-13H,1,3,6,8-11H2. The number of carbonyl (C=O) groups excluding carboxylic acids is 1. The minimum atomic E-state index is 0.285. The monoisotopic (exact) mass is 192 g/mol. The van der Waals surface area contributed by atoms with Crippen LogP contribution < -0.4 is 0 Å². The fraction of sp³-hybridized carbons (Fsp3) is 0.615. The molecule has 0 heterocycles. The topological polar surface area (TPSA) is 17.1 Å². The summed E-state index contributed by atoms with van der Waals surface area (Å²) in [5, 5.41) is 0. The minimum absolute atomic E-state index is 0.285. The van der Waals surface area contributed by atoms with Crippen molar-refractivity contribution in [2.24, 2.45) is 5.92 Å². The zero-order valence-corrected chi connectivity index (χ0v) is 8.82. The van der Waals surface area contributed by atoms with Gasteiger partial charge in [-0.25, -0.2) is 0 Å². The Bertz CT molecular complexity index is 203. The molecule has 0 aromatic rings. The Labute approximate surface area is 86.9 Å². The van der Waals surface area contributed by atoms with E-state index in [1.807, 2.05) is 0 Å². The Morgan fingerprint density at radius 2 is 1.50 bits per heavy atom. The lowest BCUT2D eigenvalue weighted by molar-refractivity contribution is -0.111. The summed E-state index contributed by atoms with van der Waals surface area (Å²) >= 11 is 0. The van der Waals surface area contributed by atoms with E-state index in [-0.39, 0.29) is 5.92 Å². The number of allylic oxidation sites excluding steroid dienone is 4. The van der Waals surface area contributed by atoms with Gasteiger partial charge in [-0.2, -0.15) is 0 Å². The Morgan fingerprint density at radius 1 is 0.857 bits per heavy atom. The van der Waals surface area contributed by atoms with Gasteiger partial charge >= 0.3 is 0 Å². The summed E-state index contributed by atoms with van der Waals surface area (Å²) in [7, 11) is 0. The van der Waals surface area contributed by atoms with Crippen molar-refractivity contribution >= 4 is 6.29 Å². The maximum Gasteiger partial charge on any atom is 0.123 e. The molecule has 0 aromatic heterocycles. The Balaban J connectivity index is 2.37. The molecule has 1 aliphatic rings. The number of carbonyl (C=O) groups is 1. The molecule has 0 aliphatic heterocycles. The molecule has 0 aromatic carbocycles. The molecule has 1 rings (SSSR count). The molecule has 1 heteroatoms. The van der Waals surface area contributed by atoms with Crippen LogP contribution in [-0.2, 0) is 4.79 Å². The summed E-state index contributed by atoms with van der Waals surface area (Å²) in [4.78, 5) is 10.7. The first kappa shape index (κ1) is 11.2. The second-order valence-corrected chi connectivity index (χ2v) is 3.92. The summed E-state index contributed by atoms with van der Waals surface area (Å²) < 4.78 is 0. The Morgan fingerprint density at radius 3 is 2.21 bits per heavy atom. The first-order chi connectivity index (χ1) is 6.93. The maximum atomic E-state index is 10.7. The first-order valence-corrected chi connectivity index (χ1v) is 5.69. The highest BCUT2D eigenvalue weighted by molar-refractivity contribution is 5.53. The predicted molar refractivity (Wildman–Crippen MR) is 60.2 cm³/mol. The Hall–Kier alpha value is -0.850. The molecule has 14 heavy (non-hydrogen) atoms. The third-order valence-electron chi connectivity index (χ3n) is 2.68. The predicted octanol–water partition coefficient (Wildman–Crippen LogP) is 3.66. The molecule has 0 bridgehead atoms. The summed E-state index contributed by atoms with van der Waals surface area (Å²) in [6.07, 6.45) is 17.8. The van der Waals surface area contributed by atoms with Crippen molar-refractivity contribution in [3.63, 3.8) is 0 Å². The van der Waals surface area contributed by atoms with Crippen LogP contribution in [-0.4, -0.2) is 6.29 Å². The molecule has 0 spiro atoms. The summed E-state index contributed by atoms with van der Waals surface area (Å²) in [5.41, 5.74) is 0. The van der Waals surface area contributed by atoms with Crippen LogP contribution in [0.1, 0.15) is 44.9 Å². The van der Waals surface area contributed by atoms with Crippen LogP contribution in [0.2, 0.25) is 0 Å². The van der Waals surface area contributed by atoms with E-state index in [0.717, 1.165) is 51.2 Å². The molecule has 0 saturated carbocycles. The van der Waals surface area contributed by atoms with E-state index >= 15 is 0 Å². The third kappa shape index (κ3) is 5.00. The van der Waals surface area contributed by atoms with Gasteiger partial charge in [0.05, 0.1) is 0 Å². The molecule has 0 N–H and O–H groups in total. The van der Waals surface area contributed by atoms with E-state index in [9.17, 15) is 4.79 Å². The van der Waals surface area contributed by atoms with Crippen molar-refractivity contribution in [3.05, 3.63) is 24.3 Å². The summed E-state index contributed by atoms with van der Waals surface area (Å²) in [6.45, 7) is 0. The number of aldehydes is 1. The normalized spacial score (nSPS) is 25.0. The lowest BCUT2D eigenvalue weighted by Gasteiger charge is -2.07. The Kier molecular flexibility index (Phi) is 6.05. The first-order valence-electron chi connectivity index (χ1n) is 5.69. The summed E-state index contributed by atoms with van der Waals surface area (Å²) in [6, 6.07) is 0. The summed E-state index contributed by atoms with van der Waals surface area (Å²) in [5.74, 6) is 0.285. The van der Waals surface area contributed by atoms with Crippen LogP contribution in [0.3, 0.4) is 0 Å². The van der Waals surface area contributed by atoms with Gasteiger partial charge in [-0.15, -0.1) is 0 Å². The molecular weight excluding hydrogens is 172 g/mol. The van der Waals surface area contributed by atoms with Crippen molar-refractivity contribution in [1.82, 2.24) is 0 Å². The van der Waals surface area contributed by atoms with E-state index in [4.69, 9.17) is 0 Å². The molecule has 0 radical (unpaired) electrons. The van der Waals surface area contributed by atoms with E-state index in [0.29, 0.717) is 0 Å². The van der Waals surface area contributed by atoms with Crippen LogP contribution >= 0.6 is 0 Å². The van der Waals surface area contributed by atoms with Crippen molar-refractivity contribution in [1.29, 1.82) is 0 Å². The van der Waals surface area contributed by atoms with E-state index in [1.54, 1.807) is 0 Å². The maximum absolute atomic E-state index is 10.7. The molecule has 1 unspecified atom stereocenters. The average molecular weight is 192 g/mol. The fourth-order valence-corrected chi connectivity index (χ4v) is 1.75. The molecule has 0 amide bonds. The van der Waals surface area contributed by atoms with Gasteiger partial charge in [-0.05, 0) is 44.9 Å². The molecule has 0 saturated heterocycles. The van der Waals surface area contributed by atoms with Gasteiger partial charge in [-0.1, -0.05) is 24.3 Å².